The van der Waals surface area contributed by atoms with Crippen molar-refractivity contribution in [3.8, 4) is 0 Å². The Morgan fingerprint density at radius 2 is 1.69 bits per heavy atom. The van der Waals surface area contributed by atoms with Crippen molar-refractivity contribution in [1.82, 2.24) is 0 Å². The van der Waals surface area contributed by atoms with Crippen LogP contribution in [0.25, 0.3) is 10.8 Å². The maximum Gasteiger partial charge on any atom is -0.0117 e. The third-order valence-corrected chi connectivity index (χ3v) is 3.76. The summed E-state index contributed by atoms with van der Waals surface area (Å²) in [6.07, 6.45) is 3.82. The van der Waals surface area contributed by atoms with Crippen LogP contribution < -0.4 is 0 Å². The Bertz CT molecular complexity index is 525. The van der Waals surface area contributed by atoms with Crippen LogP contribution >= 0.6 is 0 Å². The summed E-state index contributed by atoms with van der Waals surface area (Å²) < 4.78 is 0. The average molecular weight is 210 g/mol. The molecule has 2 aromatic rings. The average Bonchev–Trinajstić information content (AvgIpc) is 2.30. The van der Waals surface area contributed by atoms with E-state index in [1.807, 2.05) is 0 Å². The van der Waals surface area contributed by atoms with Gasteiger partial charge in [0.1, 0.15) is 0 Å². The first kappa shape index (κ1) is 9.89. The zero-order chi connectivity index (χ0) is 11.1. The molecule has 82 valence electrons. The molecule has 0 unspecified atom stereocenters. The fourth-order valence-electron chi connectivity index (χ4n) is 2.97. The highest BCUT2D eigenvalue weighted by Crippen LogP contribution is 2.34. The van der Waals surface area contributed by atoms with Gasteiger partial charge >= 0.3 is 0 Å². The molecule has 0 saturated heterocycles. The molecule has 2 aromatic carbocycles. The summed E-state index contributed by atoms with van der Waals surface area (Å²) in [7, 11) is 0. The van der Waals surface area contributed by atoms with E-state index in [0.29, 0.717) is 5.92 Å². The lowest BCUT2D eigenvalue weighted by Gasteiger charge is -2.20. The van der Waals surface area contributed by atoms with Gasteiger partial charge in [-0.2, -0.15) is 0 Å². The van der Waals surface area contributed by atoms with Crippen LogP contribution in [-0.4, -0.2) is 0 Å². The molecule has 0 heteroatoms. The quantitative estimate of drug-likeness (QED) is 0.652. The second-order valence-electron chi connectivity index (χ2n) is 5.16. The van der Waals surface area contributed by atoms with Gasteiger partial charge in [0.15, 0.2) is 0 Å². The minimum absolute atomic E-state index is 0.617. The number of benzene rings is 2. The van der Waals surface area contributed by atoms with Gasteiger partial charge in [0.05, 0.1) is 0 Å². The Morgan fingerprint density at radius 3 is 2.44 bits per heavy atom. The standard InChI is InChI=1S/C16H18/c1-11(2)14-10-9-13-6-3-5-12-7-4-8-15(14)16(12)13/h4,7-11H,3,5-6H2,1-2H3. The van der Waals surface area contributed by atoms with Crippen LogP contribution in [0.4, 0.5) is 0 Å². The highest BCUT2D eigenvalue weighted by Gasteiger charge is 2.14. The summed E-state index contributed by atoms with van der Waals surface area (Å²) in [4.78, 5) is 0. The molecule has 0 amide bonds. The normalized spacial score (nSPS) is 14.7. The summed E-state index contributed by atoms with van der Waals surface area (Å²) >= 11 is 0. The Kier molecular flexibility index (Phi) is 2.24. The molecule has 0 aromatic heterocycles. The molecular weight excluding hydrogens is 192 g/mol. The lowest BCUT2D eigenvalue weighted by Crippen LogP contribution is -2.03. The van der Waals surface area contributed by atoms with Crippen LogP contribution in [0.1, 0.15) is 42.9 Å². The van der Waals surface area contributed by atoms with Gasteiger partial charge in [-0.25, -0.2) is 0 Å². The number of hydrogen-bond acceptors (Lipinski definition) is 0. The minimum atomic E-state index is 0.617. The van der Waals surface area contributed by atoms with Crippen molar-refractivity contribution in [3.63, 3.8) is 0 Å². The molecule has 0 heterocycles. The first-order valence-electron chi connectivity index (χ1n) is 6.31. The van der Waals surface area contributed by atoms with Crippen molar-refractivity contribution < 1.29 is 0 Å². The molecule has 0 spiro atoms. The molecule has 0 atom stereocenters. The van der Waals surface area contributed by atoms with Gasteiger partial charge in [-0.3, -0.25) is 0 Å². The van der Waals surface area contributed by atoms with Gasteiger partial charge in [0, 0.05) is 0 Å². The van der Waals surface area contributed by atoms with E-state index in [2.05, 4.69) is 44.2 Å². The maximum absolute atomic E-state index is 2.35. The van der Waals surface area contributed by atoms with Crippen molar-refractivity contribution in [2.45, 2.75) is 39.0 Å². The van der Waals surface area contributed by atoms with Crippen LogP contribution in [0, 0.1) is 0 Å². The Hall–Kier alpha value is -1.30. The summed E-state index contributed by atoms with van der Waals surface area (Å²) in [5.41, 5.74) is 4.62. The Morgan fingerprint density at radius 1 is 0.938 bits per heavy atom. The van der Waals surface area contributed by atoms with Gasteiger partial charge in [0.2, 0.25) is 0 Å². The largest absolute Gasteiger partial charge is 0.0613 e. The molecule has 0 saturated carbocycles. The van der Waals surface area contributed by atoms with E-state index in [9.17, 15) is 0 Å². The summed E-state index contributed by atoms with van der Waals surface area (Å²) in [5, 5.41) is 3.05. The predicted molar refractivity (Wildman–Crippen MR) is 70.1 cm³/mol. The third-order valence-electron chi connectivity index (χ3n) is 3.76. The van der Waals surface area contributed by atoms with E-state index in [1.54, 1.807) is 16.5 Å². The van der Waals surface area contributed by atoms with Crippen LogP contribution in [0.2, 0.25) is 0 Å². The molecule has 0 aliphatic heterocycles. The van der Waals surface area contributed by atoms with E-state index in [-0.39, 0.29) is 0 Å². The number of rotatable bonds is 1. The fourth-order valence-corrected chi connectivity index (χ4v) is 2.97. The zero-order valence-electron chi connectivity index (χ0n) is 10.1. The minimum Gasteiger partial charge on any atom is -0.0613 e. The predicted octanol–water partition coefficient (Wildman–Crippen LogP) is 4.45. The molecule has 0 nitrogen and oxygen atoms in total. The Labute approximate surface area is 97.3 Å². The van der Waals surface area contributed by atoms with E-state index < -0.39 is 0 Å². The van der Waals surface area contributed by atoms with Gasteiger partial charge < -0.3 is 0 Å². The zero-order valence-corrected chi connectivity index (χ0v) is 10.1. The molecule has 0 fully saturated rings. The highest BCUT2D eigenvalue weighted by atomic mass is 14.2. The molecule has 1 aliphatic rings. The monoisotopic (exact) mass is 210 g/mol. The van der Waals surface area contributed by atoms with Gasteiger partial charge in [-0.15, -0.1) is 0 Å². The van der Waals surface area contributed by atoms with E-state index in [0.717, 1.165) is 0 Å². The maximum atomic E-state index is 2.35. The van der Waals surface area contributed by atoms with Crippen molar-refractivity contribution in [2.75, 3.05) is 0 Å². The fraction of sp³-hybridized carbons (Fsp3) is 0.375. The van der Waals surface area contributed by atoms with Crippen LogP contribution in [0.15, 0.2) is 30.3 Å². The summed E-state index contributed by atoms with van der Waals surface area (Å²) in [6, 6.07) is 11.5. The van der Waals surface area contributed by atoms with Gasteiger partial charge in [-0.1, -0.05) is 44.2 Å². The molecule has 0 N–H and O–H groups in total. The first-order chi connectivity index (χ1) is 7.77. The smallest absolute Gasteiger partial charge is 0.0117 e. The van der Waals surface area contributed by atoms with Crippen molar-refractivity contribution in [1.29, 1.82) is 0 Å². The van der Waals surface area contributed by atoms with Gasteiger partial charge in [-0.05, 0) is 52.6 Å². The van der Waals surface area contributed by atoms with E-state index in [4.69, 9.17) is 0 Å². The molecule has 0 bridgehead atoms. The molecular formula is C16H18. The molecule has 16 heavy (non-hydrogen) atoms. The third kappa shape index (κ3) is 1.36. The SMILES string of the molecule is CC(C)c1ccc2c3c(cccc13)CCC2. The number of hydrogen-bond donors (Lipinski definition) is 0. The molecule has 1 aliphatic carbocycles. The Balaban J connectivity index is 2.40. The second-order valence-corrected chi connectivity index (χ2v) is 5.16. The second kappa shape index (κ2) is 3.62. The van der Waals surface area contributed by atoms with Crippen LogP contribution in [0.5, 0.6) is 0 Å². The van der Waals surface area contributed by atoms with Crippen LogP contribution in [-0.2, 0) is 12.8 Å². The lowest BCUT2D eigenvalue weighted by atomic mass is 9.85. The number of aryl methyl sites for hydroxylation is 2. The van der Waals surface area contributed by atoms with E-state index >= 15 is 0 Å². The summed E-state index contributed by atoms with van der Waals surface area (Å²) in [6.45, 7) is 4.57. The first-order valence-corrected chi connectivity index (χ1v) is 6.31. The van der Waals surface area contributed by atoms with Crippen molar-refractivity contribution in [2.24, 2.45) is 0 Å². The highest BCUT2D eigenvalue weighted by molar-refractivity contribution is 5.92. The van der Waals surface area contributed by atoms with E-state index in [1.165, 1.54) is 30.2 Å². The summed E-state index contributed by atoms with van der Waals surface area (Å²) in [5.74, 6) is 0.617. The molecule has 0 radical (unpaired) electrons. The topological polar surface area (TPSA) is 0 Å². The molecule has 3 rings (SSSR count). The van der Waals surface area contributed by atoms with Crippen LogP contribution in [0.3, 0.4) is 0 Å². The lowest BCUT2D eigenvalue weighted by molar-refractivity contribution is 0.804. The van der Waals surface area contributed by atoms with Gasteiger partial charge in [0.25, 0.3) is 0 Å². The van der Waals surface area contributed by atoms with Crippen molar-refractivity contribution >= 4 is 10.8 Å². The van der Waals surface area contributed by atoms with Crippen molar-refractivity contribution in [3.05, 3.63) is 47.0 Å².